The molecule has 1 aliphatic heterocycles. The molecular formula is C18H26BrN3. The van der Waals surface area contributed by atoms with E-state index in [1.54, 1.807) is 0 Å². The number of likely N-dealkylation sites (tertiary alicyclic amines) is 1. The van der Waals surface area contributed by atoms with Crippen LogP contribution in [0.5, 0.6) is 0 Å². The van der Waals surface area contributed by atoms with E-state index in [1.807, 2.05) is 20.0 Å². The third kappa shape index (κ3) is 3.09. The van der Waals surface area contributed by atoms with Gasteiger partial charge < -0.3 is 9.47 Å². The highest BCUT2D eigenvalue weighted by Crippen LogP contribution is 2.34. The molecule has 0 aromatic carbocycles. The molecule has 0 amide bonds. The maximum absolute atomic E-state index is 4.41. The van der Waals surface area contributed by atoms with Gasteiger partial charge in [-0.25, -0.2) is 4.98 Å². The van der Waals surface area contributed by atoms with Crippen LogP contribution >= 0.6 is 15.9 Å². The van der Waals surface area contributed by atoms with Crippen LogP contribution in [0.15, 0.2) is 23.1 Å². The summed E-state index contributed by atoms with van der Waals surface area (Å²) >= 11 is 3.48. The third-order valence-electron chi connectivity index (χ3n) is 4.84. The number of hydrogen-bond donors (Lipinski definition) is 0. The van der Waals surface area contributed by atoms with Gasteiger partial charge in [0.25, 0.3) is 0 Å². The molecule has 1 aliphatic carbocycles. The average molecular weight is 364 g/mol. The molecule has 0 bridgehead atoms. The van der Waals surface area contributed by atoms with Crippen molar-refractivity contribution in [2.24, 2.45) is 0 Å². The van der Waals surface area contributed by atoms with Crippen LogP contribution in [0.3, 0.4) is 0 Å². The van der Waals surface area contributed by atoms with E-state index < -0.39 is 0 Å². The number of fused-ring (bicyclic) bond motifs is 1. The number of aromatic nitrogens is 2. The van der Waals surface area contributed by atoms with Crippen LogP contribution in [0.25, 0.3) is 10.9 Å². The molecule has 2 aromatic heterocycles. The Morgan fingerprint density at radius 3 is 2.41 bits per heavy atom. The molecule has 3 nitrogen and oxygen atoms in total. The molecule has 4 heteroatoms. The van der Waals surface area contributed by atoms with Gasteiger partial charge in [0.15, 0.2) is 0 Å². The fourth-order valence-electron chi connectivity index (χ4n) is 3.56. The van der Waals surface area contributed by atoms with E-state index in [9.17, 15) is 0 Å². The Hall–Kier alpha value is -0.870. The van der Waals surface area contributed by atoms with Gasteiger partial charge in [0.2, 0.25) is 0 Å². The predicted octanol–water partition coefficient (Wildman–Crippen LogP) is 4.93. The molecular weight excluding hydrogens is 338 g/mol. The first kappa shape index (κ1) is 16.0. The first-order valence-corrected chi connectivity index (χ1v) is 9.38. The van der Waals surface area contributed by atoms with Crippen LogP contribution < -0.4 is 0 Å². The Labute approximate surface area is 141 Å². The number of nitrogens with zero attached hydrogens (tertiary/aromatic N) is 3. The highest BCUT2D eigenvalue weighted by Gasteiger charge is 2.32. The summed E-state index contributed by atoms with van der Waals surface area (Å²) in [5, 5.41) is 1.33. The zero-order valence-corrected chi connectivity index (χ0v) is 15.4. The lowest BCUT2D eigenvalue weighted by Gasteiger charge is -2.33. The van der Waals surface area contributed by atoms with Crippen LogP contribution in [0.2, 0.25) is 0 Å². The molecule has 0 atom stereocenters. The molecule has 2 fully saturated rings. The summed E-state index contributed by atoms with van der Waals surface area (Å²) in [4.78, 5) is 7.10. The van der Waals surface area contributed by atoms with Crippen LogP contribution in [0.1, 0.15) is 51.1 Å². The van der Waals surface area contributed by atoms with Gasteiger partial charge in [-0.1, -0.05) is 13.8 Å². The third-order valence-corrected chi connectivity index (χ3v) is 5.27. The zero-order valence-electron chi connectivity index (χ0n) is 13.8. The van der Waals surface area contributed by atoms with Gasteiger partial charge >= 0.3 is 0 Å². The van der Waals surface area contributed by atoms with E-state index >= 15 is 0 Å². The van der Waals surface area contributed by atoms with Crippen molar-refractivity contribution in [2.45, 2.75) is 58.5 Å². The van der Waals surface area contributed by atoms with Crippen molar-refractivity contribution >= 4 is 26.8 Å². The molecule has 0 N–H and O–H groups in total. The van der Waals surface area contributed by atoms with E-state index in [4.69, 9.17) is 0 Å². The van der Waals surface area contributed by atoms with Crippen molar-refractivity contribution in [3.05, 3.63) is 28.6 Å². The standard InChI is InChI=1S/C16H20BrN3.C2H6/c1-11-10-20(15-9-18-16(17)8-14(11)15)13-4-6-19(7-5-13)12-2-3-12;1-2/h8-10,12-13H,2-7H2,1H3;1-2H3. The van der Waals surface area contributed by atoms with E-state index in [-0.39, 0.29) is 0 Å². The normalized spacial score (nSPS) is 20.0. The second kappa shape index (κ2) is 6.71. The second-order valence-corrected chi connectivity index (χ2v) is 7.05. The van der Waals surface area contributed by atoms with Crippen molar-refractivity contribution < 1.29 is 0 Å². The largest absolute Gasteiger partial charge is 0.343 e. The van der Waals surface area contributed by atoms with Crippen molar-refractivity contribution in [3.63, 3.8) is 0 Å². The quantitative estimate of drug-likeness (QED) is 0.705. The van der Waals surface area contributed by atoms with E-state index in [0.29, 0.717) is 6.04 Å². The Morgan fingerprint density at radius 2 is 1.77 bits per heavy atom. The maximum Gasteiger partial charge on any atom is 0.106 e. The summed E-state index contributed by atoms with van der Waals surface area (Å²) < 4.78 is 3.39. The molecule has 0 unspecified atom stereocenters. The Balaban J connectivity index is 0.000000693. The van der Waals surface area contributed by atoms with Gasteiger partial charge in [0, 0.05) is 36.8 Å². The lowest BCUT2D eigenvalue weighted by molar-refractivity contribution is 0.180. The summed E-state index contributed by atoms with van der Waals surface area (Å²) in [5.41, 5.74) is 2.64. The number of pyridine rings is 1. The summed E-state index contributed by atoms with van der Waals surface area (Å²) in [6.45, 7) is 8.72. The van der Waals surface area contributed by atoms with Gasteiger partial charge in [-0.15, -0.1) is 0 Å². The summed E-state index contributed by atoms with van der Waals surface area (Å²) in [6, 6.07) is 3.70. The molecule has 0 radical (unpaired) electrons. The predicted molar refractivity (Wildman–Crippen MR) is 96.4 cm³/mol. The lowest BCUT2D eigenvalue weighted by atomic mass is 10.0. The van der Waals surface area contributed by atoms with Crippen molar-refractivity contribution in [2.75, 3.05) is 13.1 Å². The van der Waals surface area contributed by atoms with Crippen LogP contribution in [-0.2, 0) is 0 Å². The second-order valence-electron chi connectivity index (χ2n) is 6.24. The van der Waals surface area contributed by atoms with Crippen LogP contribution in [-0.4, -0.2) is 33.6 Å². The molecule has 3 heterocycles. The molecule has 4 rings (SSSR count). The Morgan fingerprint density at radius 1 is 1.09 bits per heavy atom. The number of rotatable bonds is 2. The molecule has 22 heavy (non-hydrogen) atoms. The van der Waals surface area contributed by atoms with Gasteiger partial charge in [0.05, 0.1) is 11.7 Å². The number of hydrogen-bond acceptors (Lipinski definition) is 2. The topological polar surface area (TPSA) is 21.1 Å². The SMILES string of the molecule is CC.Cc1cn(C2CCN(C3CC3)CC2)c2cnc(Br)cc12. The van der Waals surface area contributed by atoms with Gasteiger partial charge in [0.1, 0.15) is 4.60 Å². The monoisotopic (exact) mass is 363 g/mol. The Bertz CT molecular complexity index is 637. The summed E-state index contributed by atoms with van der Waals surface area (Å²) in [7, 11) is 0. The van der Waals surface area contributed by atoms with Crippen molar-refractivity contribution in [3.8, 4) is 0 Å². The van der Waals surface area contributed by atoms with E-state index in [2.05, 4.69) is 49.6 Å². The smallest absolute Gasteiger partial charge is 0.106 e. The molecule has 0 spiro atoms. The van der Waals surface area contributed by atoms with Gasteiger partial charge in [-0.2, -0.15) is 0 Å². The van der Waals surface area contributed by atoms with Gasteiger partial charge in [-0.3, -0.25) is 0 Å². The minimum atomic E-state index is 0.643. The lowest BCUT2D eigenvalue weighted by Crippen LogP contribution is -2.35. The first-order valence-electron chi connectivity index (χ1n) is 8.59. The van der Waals surface area contributed by atoms with Crippen molar-refractivity contribution in [1.29, 1.82) is 0 Å². The zero-order chi connectivity index (χ0) is 15.7. The number of halogens is 1. The fourth-order valence-corrected chi connectivity index (χ4v) is 3.89. The fraction of sp³-hybridized carbons (Fsp3) is 0.611. The van der Waals surface area contributed by atoms with Crippen LogP contribution in [0.4, 0.5) is 0 Å². The molecule has 1 saturated heterocycles. The summed E-state index contributed by atoms with van der Waals surface area (Å²) in [6.07, 6.45) is 9.73. The van der Waals surface area contributed by atoms with Crippen molar-refractivity contribution in [1.82, 2.24) is 14.5 Å². The number of piperidine rings is 1. The first-order chi connectivity index (χ1) is 10.7. The van der Waals surface area contributed by atoms with E-state index in [0.717, 1.165) is 10.6 Å². The minimum Gasteiger partial charge on any atom is -0.343 e. The Kier molecular flexibility index (Phi) is 4.88. The van der Waals surface area contributed by atoms with Gasteiger partial charge in [-0.05, 0) is 60.2 Å². The number of aryl methyl sites for hydroxylation is 1. The van der Waals surface area contributed by atoms with Crippen LogP contribution in [0, 0.1) is 6.92 Å². The molecule has 2 aliphatic rings. The minimum absolute atomic E-state index is 0.643. The molecule has 120 valence electrons. The molecule has 2 aromatic rings. The highest BCUT2D eigenvalue weighted by atomic mass is 79.9. The van der Waals surface area contributed by atoms with E-state index in [1.165, 1.54) is 55.2 Å². The molecule has 1 saturated carbocycles. The summed E-state index contributed by atoms with van der Waals surface area (Å²) in [5.74, 6) is 0. The maximum atomic E-state index is 4.41. The highest BCUT2D eigenvalue weighted by molar-refractivity contribution is 9.10. The average Bonchev–Trinajstić information content (AvgIpc) is 3.35.